The number of hydrogen-bond acceptors (Lipinski definition) is 3. The van der Waals surface area contributed by atoms with Crippen LogP contribution in [0, 0.1) is 5.92 Å². The molecule has 1 aromatic rings. The molecule has 5 heteroatoms. The summed E-state index contributed by atoms with van der Waals surface area (Å²) in [6.07, 6.45) is 7.29. The lowest BCUT2D eigenvalue weighted by Crippen LogP contribution is -2.40. The van der Waals surface area contributed by atoms with Crippen LogP contribution in [0.2, 0.25) is 5.15 Å². The minimum atomic E-state index is -0.0618. The predicted octanol–water partition coefficient (Wildman–Crippen LogP) is 3.87. The molecule has 0 spiro atoms. The molecule has 0 aromatic carbocycles. The molecule has 2 rings (SSSR count). The van der Waals surface area contributed by atoms with Gasteiger partial charge in [0.25, 0.3) is 5.91 Å². The third kappa shape index (κ3) is 4.34. The first kappa shape index (κ1) is 16.1. The number of amides is 1. The van der Waals surface area contributed by atoms with Crippen LogP contribution in [-0.4, -0.2) is 24.0 Å². The van der Waals surface area contributed by atoms with E-state index in [1.54, 1.807) is 19.2 Å². The molecule has 1 amide bonds. The zero-order chi connectivity index (χ0) is 15.2. The van der Waals surface area contributed by atoms with Gasteiger partial charge in [-0.1, -0.05) is 37.8 Å². The first-order valence-corrected chi connectivity index (χ1v) is 8.18. The highest BCUT2D eigenvalue weighted by molar-refractivity contribution is 6.29. The Hall–Kier alpha value is -1.29. The number of carbonyl (C=O) groups is 1. The molecule has 21 heavy (non-hydrogen) atoms. The van der Waals surface area contributed by atoms with Crippen LogP contribution >= 0.6 is 11.6 Å². The number of halogens is 1. The van der Waals surface area contributed by atoms with Crippen molar-refractivity contribution in [1.29, 1.82) is 0 Å². The highest BCUT2D eigenvalue weighted by atomic mass is 35.5. The summed E-state index contributed by atoms with van der Waals surface area (Å²) in [5.74, 6) is 1.15. The summed E-state index contributed by atoms with van der Waals surface area (Å²) in [6, 6.07) is 3.60. The van der Waals surface area contributed by atoms with Crippen molar-refractivity contribution in [3.63, 3.8) is 0 Å². The lowest BCUT2D eigenvalue weighted by molar-refractivity contribution is 0.0911. The third-order valence-corrected chi connectivity index (χ3v) is 4.48. The molecule has 1 aliphatic carbocycles. The molecule has 1 atom stereocenters. The Morgan fingerprint density at radius 2 is 2.10 bits per heavy atom. The summed E-state index contributed by atoms with van der Waals surface area (Å²) < 4.78 is 0. The van der Waals surface area contributed by atoms with E-state index >= 15 is 0 Å². The average Bonchev–Trinajstić information content (AvgIpc) is 2.52. The van der Waals surface area contributed by atoms with E-state index in [2.05, 4.69) is 22.5 Å². The molecule has 2 N–H and O–H groups in total. The summed E-state index contributed by atoms with van der Waals surface area (Å²) in [7, 11) is 1.76. The SMILES string of the molecule is CCC(NC(=O)c1cc(Cl)nc(NC)c1)C1CCCCC1. The van der Waals surface area contributed by atoms with Gasteiger partial charge in [0, 0.05) is 18.7 Å². The van der Waals surface area contributed by atoms with Gasteiger partial charge in [0.05, 0.1) is 0 Å². The van der Waals surface area contributed by atoms with Crippen LogP contribution in [0.5, 0.6) is 0 Å². The van der Waals surface area contributed by atoms with Crippen LogP contribution in [0.3, 0.4) is 0 Å². The van der Waals surface area contributed by atoms with Gasteiger partial charge < -0.3 is 10.6 Å². The van der Waals surface area contributed by atoms with Gasteiger partial charge in [-0.3, -0.25) is 4.79 Å². The van der Waals surface area contributed by atoms with Gasteiger partial charge in [0.2, 0.25) is 0 Å². The number of rotatable bonds is 5. The van der Waals surface area contributed by atoms with Crippen LogP contribution in [0.4, 0.5) is 5.82 Å². The Kier molecular flexibility index (Phi) is 5.85. The lowest BCUT2D eigenvalue weighted by Gasteiger charge is -2.30. The van der Waals surface area contributed by atoms with E-state index in [0.29, 0.717) is 22.5 Å². The molecule has 1 unspecified atom stereocenters. The van der Waals surface area contributed by atoms with Crippen LogP contribution < -0.4 is 10.6 Å². The fraction of sp³-hybridized carbons (Fsp3) is 0.625. The lowest BCUT2D eigenvalue weighted by atomic mass is 9.83. The van der Waals surface area contributed by atoms with Crippen LogP contribution in [0.1, 0.15) is 55.8 Å². The number of carbonyl (C=O) groups excluding carboxylic acids is 1. The van der Waals surface area contributed by atoms with Gasteiger partial charge in [-0.15, -0.1) is 0 Å². The number of hydrogen-bond donors (Lipinski definition) is 2. The Morgan fingerprint density at radius 1 is 1.38 bits per heavy atom. The Labute approximate surface area is 131 Å². The van der Waals surface area contributed by atoms with Gasteiger partial charge in [0.1, 0.15) is 11.0 Å². The summed E-state index contributed by atoms with van der Waals surface area (Å²) in [6.45, 7) is 2.14. The summed E-state index contributed by atoms with van der Waals surface area (Å²) in [4.78, 5) is 16.5. The normalized spacial score (nSPS) is 17.3. The monoisotopic (exact) mass is 309 g/mol. The largest absolute Gasteiger partial charge is 0.373 e. The minimum absolute atomic E-state index is 0.0618. The molecule has 1 heterocycles. The number of anilines is 1. The Morgan fingerprint density at radius 3 is 2.71 bits per heavy atom. The molecular formula is C16H24ClN3O. The Bertz CT molecular complexity index is 486. The van der Waals surface area contributed by atoms with Crippen LogP contribution in [-0.2, 0) is 0 Å². The van der Waals surface area contributed by atoms with Gasteiger partial charge in [-0.05, 0) is 37.3 Å². The van der Waals surface area contributed by atoms with E-state index in [9.17, 15) is 4.79 Å². The van der Waals surface area contributed by atoms with E-state index in [4.69, 9.17) is 11.6 Å². The molecular weight excluding hydrogens is 286 g/mol. The van der Waals surface area contributed by atoms with Crippen molar-refractivity contribution in [2.45, 2.75) is 51.5 Å². The molecule has 0 bridgehead atoms. The van der Waals surface area contributed by atoms with Gasteiger partial charge in [-0.2, -0.15) is 0 Å². The molecule has 0 radical (unpaired) electrons. The number of pyridine rings is 1. The number of nitrogens with zero attached hydrogens (tertiary/aromatic N) is 1. The molecule has 1 aliphatic rings. The summed E-state index contributed by atoms with van der Waals surface area (Å²) >= 11 is 5.96. The average molecular weight is 310 g/mol. The maximum absolute atomic E-state index is 12.5. The fourth-order valence-corrected chi connectivity index (χ4v) is 3.31. The first-order valence-electron chi connectivity index (χ1n) is 7.80. The molecule has 116 valence electrons. The van der Waals surface area contributed by atoms with Crippen molar-refractivity contribution >= 4 is 23.3 Å². The maximum atomic E-state index is 12.5. The zero-order valence-electron chi connectivity index (χ0n) is 12.8. The second-order valence-electron chi connectivity index (χ2n) is 5.70. The highest BCUT2D eigenvalue weighted by Crippen LogP contribution is 2.28. The molecule has 0 saturated heterocycles. The van der Waals surface area contributed by atoms with E-state index in [0.717, 1.165) is 6.42 Å². The van der Waals surface area contributed by atoms with Crippen LogP contribution in [0.25, 0.3) is 0 Å². The zero-order valence-corrected chi connectivity index (χ0v) is 13.5. The van der Waals surface area contributed by atoms with Crippen molar-refractivity contribution in [3.05, 3.63) is 22.8 Å². The van der Waals surface area contributed by atoms with Gasteiger partial charge >= 0.3 is 0 Å². The standard InChI is InChI=1S/C16H24ClN3O/c1-3-13(11-7-5-4-6-8-11)19-16(21)12-9-14(17)20-15(10-12)18-2/h9-11,13H,3-8H2,1-2H3,(H,18,20)(H,19,21). The third-order valence-electron chi connectivity index (χ3n) is 4.29. The second kappa shape index (κ2) is 7.64. The van der Waals surface area contributed by atoms with Crippen molar-refractivity contribution in [1.82, 2.24) is 10.3 Å². The first-order chi connectivity index (χ1) is 10.1. The van der Waals surface area contributed by atoms with E-state index < -0.39 is 0 Å². The highest BCUT2D eigenvalue weighted by Gasteiger charge is 2.24. The smallest absolute Gasteiger partial charge is 0.251 e. The molecule has 1 fully saturated rings. The summed E-state index contributed by atoms with van der Waals surface area (Å²) in [5, 5.41) is 6.43. The van der Waals surface area contributed by atoms with E-state index in [-0.39, 0.29) is 11.9 Å². The van der Waals surface area contributed by atoms with Gasteiger partial charge in [-0.25, -0.2) is 4.98 Å². The fourth-order valence-electron chi connectivity index (χ4n) is 3.10. The van der Waals surface area contributed by atoms with E-state index in [1.807, 2.05) is 0 Å². The topological polar surface area (TPSA) is 54.0 Å². The second-order valence-corrected chi connectivity index (χ2v) is 6.09. The van der Waals surface area contributed by atoms with Crippen molar-refractivity contribution < 1.29 is 4.79 Å². The quantitative estimate of drug-likeness (QED) is 0.812. The molecule has 0 aliphatic heterocycles. The number of aromatic nitrogens is 1. The van der Waals surface area contributed by atoms with Crippen molar-refractivity contribution in [3.8, 4) is 0 Å². The van der Waals surface area contributed by atoms with Crippen LogP contribution in [0.15, 0.2) is 12.1 Å². The Balaban J connectivity index is 2.06. The predicted molar refractivity (Wildman–Crippen MR) is 86.9 cm³/mol. The molecule has 4 nitrogen and oxygen atoms in total. The number of nitrogens with one attached hydrogen (secondary N) is 2. The van der Waals surface area contributed by atoms with Gasteiger partial charge in [0.15, 0.2) is 0 Å². The molecule has 1 aromatic heterocycles. The maximum Gasteiger partial charge on any atom is 0.251 e. The van der Waals surface area contributed by atoms with Crippen molar-refractivity contribution in [2.75, 3.05) is 12.4 Å². The summed E-state index contributed by atoms with van der Waals surface area (Å²) in [5.41, 5.74) is 0.564. The van der Waals surface area contributed by atoms with Crippen molar-refractivity contribution in [2.24, 2.45) is 5.92 Å². The molecule has 1 saturated carbocycles. The minimum Gasteiger partial charge on any atom is -0.373 e. The van der Waals surface area contributed by atoms with E-state index in [1.165, 1.54) is 32.1 Å².